The Morgan fingerprint density at radius 3 is 2.41 bits per heavy atom. The molecule has 0 radical (unpaired) electrons. The molecule has 0 aliphatic carbocycles. The molecule has 0 saturated carbocycles. The third kappa shape index (κ3) is 4.11. The van der Waals surface area contributed by atoms with Gasteiger partial charge in [-0.05, 0) is 17.7 Å². The van der Waals surface area contributed by atoms with Gasteiger partial charge >= 0.3 is 6.15 Å². The summed E-state index contributed by atoms with van der Waals surface area (Å²) in [4.78, 5) is 16.2. The summed E-state index contributed by atoms with van der Waals surface area (Å²) in [5.41, 5.74) is 1.05. The van der Waals surface area contributed by atoms with Gasteiger partial charge in [0.15, 0.2) is 0 Å². The van der Waals surface area contributed by atoms with Crippen molar-refractivity contribution in [2.45, 2.75) is 0 Å². The third-order valence-electron chi connectivity index (χ3n) is 1.73. The molecule has 2 aromatic rings. The van der Waals surface area contributed by atoms with Gasteiger partial charge in [-0.25, -0.2) is 0 Å². The summed E-state index contributed by atoms with van der Waals surface area (Å²) in [6.45, 7) is 3.67. The van der Waals surface area contributed by atoms with E-state index in [1.54, 1.807) is 6.08 Å². The molecule has 0 unspecified atom stereocenters. The van der Waals surface area contributed by atoms with E-state index < -0.39 is 0 Å². The lowest BCUT2D eigenvalue weighted by molar-refractivity contribution is -0.191. The summed E-state index contributed by atoms with van der Waals surface area (Å²) in [5.74, 6) is 1.18. The molecule has 0 aliphatic rings. The molecule has 0 amide bonds. The second-order valence-corrected chi connectivity index (χ2v) is 2.77. The van der Waals surface area contributed by atoms with Crippen molar-refractivity contribution in [3.63, 3.8) is 0 Å². The molecule has 6 heteroatoms. The van der Waals surface area contributed by atoms with E-state index in [0.29, 0.717) is 5.88 Å². The number of ether oxygens (including phenoxy) is 1. The Morgan fingerprint density at radius 1 is 1.29 bits per heavy atom. The molecule has 6 nitrogen and oxygen atoms in total. The predicted molar refractivity (Wildman–Crippen MR) is 58.0 cm³/mol. The van der Waals surface area contributed by atoms with Crippen molar-refractivity contribution < 1.29 is 14.3 Å². The van der Waals surface area contributed by atoms with Gasteiger partial charge in [-0.2, -0.15) is 19.9 Å². The molecule has 1 N–H and O–H groups in total. The fraction of sp³-hybridized carbons (Fsp3) is 0. The molecule has 0 atom stereocenters. The molecule has 0 saturated heterocycles. The molecule has 86 valence electrons. The summed E-state index contributed by atoms with van der Waals surface area (Å²) < 4.78 is 5.38. The second kappa shape index (κ2) is 6.71. The van der Waals surface area contributed by atoms with E-state index in [2.05, 4.69) is 22.0 Å². The highest BCUT2D eigenvalue weighted by Crippen LogP contribution is 2.18. The molecular weight excluding hydrogens is 222 g/mol. The van der Waals surface area contributed by atoms with Crippen LogP contribution in [0.5, 0.6) is 11.6 Å². The Bertz CT molecular complexity index is 485. The first-order chi connectivity index (χ1) is 8.30. The van der Waals surface area contributed by atoms with Gasteiger partial charge in [-0.15, -0.1) is 5.10 Å². The van der Waals surface area contributed by atoms with E-state index in [9.17, 15) is 0 Å². The number of aromatic nitrogens is 3. The molecule has 1 heterocycles. The first kappa shape index (κ1) is 12.4. The maximum absolute atomic E-state index is 8.12. The van der Waals surface area contributed by atoms with Crippen LogP contribution in [0.4, 0.5) is 0 Å². The molecule has 0 bridgehead atoms. The van der Waals surface area contributed by atoms with Gasteiger partial charge in [-0.3, -0.25) is 0 Å². The summed E-state index contributed by atoms with van der Waals surface area (Å²) in [6.07, 6.45) is 3.54. The van der Waals surface area contributed by atoms with E-state index in [4.69, 9.17) is 14.3 Å². The highest BCUT2D eigenvalue weighted by Gasteiger charge is 1.98. The van der Waals surface area contributed by atoms with Crippen LogP contribution < -0.4 is 4.74 Å². The highest BCUT2D eigenvalue weighted by atomic mass is 16.5. The molecule has 17 heavy (non-hydrogen) atoms. The number of nitrogens with zero attached hydrogens (tertiary/aromatic N) is 2. The number of nitrogens with one attached hydrogen (secondary N) is 1. The van der Waals surface area contributed by atoms with E-state index in [-0.39, 0.29) is 6.15 Å². The SMILES string of the molecule is C=Cc1ccc(Oc2cn[nH]n2)cc1.O=C=O. The van der Waals surface area contributed by atoms with E-state index in [0.717, 1.165) is 11.3 Å². The lowest BCUT2D eigenvalue weighted by atomic mass is 10.2. The maximum Gasteiger partial charge on any atom is 0.373 e. The van der Waals surface area contributed by atoms with Crippen LogP contribution in [0.2, 0.25) is 0 Å². The largest absolute Gasteiger partial charge is 0.436 e. The zero-order valence-corrected chi connectivity index (χ0v) is 8.79. The number of aromatic amines is 1. The van der Waals surface area contributed by atoms with E-state index in [1.165, 1.54) is 6.20 Å². The second-order valence-electron chi connectivity index (χ2n) is 2.77. The lowest BCUT2D eigenvalue weighted by Gasteiger charge is -2.00. The fourth-order valence-electron chi connectivity index (χ4n) is 1.03. The summed E-state index contributed by atoms with van der Waals surface area (Å²) in [7, 11) is 0. The molecule has 0 aliphatic heterocycles. The van der Waals surface area contributed by atoms with Gasteiger partial charge < -0.3 is 4.74 Å². The van der Waals surface area contributed by atoms with Gasteiger partial charge in [0.1, 0.15) is 11.9 Å². The highest BCUT2D eigenvalue weighted by molar-refractivity contribution is 5.48. The Morgan fingerprint density at radius 2 is 1.94 bits per heavy atom. The standard InChI is InChI=1S/C10H9N3O.CO2/c1-2-8-3-5-9(6-4-8)14-10-7-11-13-12-10;2-1-3/h2-7H,1H2,(H,11,12,13);. The quantitative estimate of drug-likeness (QED) is 0.868. The Kier molecular flexibility index (Phi) is 4.87. The van der Waals surface area contributed by atoms with Crippen molar-refractivity contribution in [2.75, 3.05) is 0 Å². The van der Waals surface area contributed by atoms with Crippen molar-refractivity contribution in [3.05, 3.63) is 42.6 Å². The monoisotopic (exact) mass is 231 g/mol. The minimum absolute atomic E-state index is 0.250. The zero-order chi connectivity index (χ0) is 12.5. The molecule has 2 rings (SSSR count). The van der Waals surface area contributed by atoms with Gasteiger partial charge in [0.2, 0.25) is 0 Å². The van der Waals surface area contributed by atoms with Gasteiger partial charge in [0.25, 0.3) is 5.88 Å². The van der Waals surface area contributed by atoms with Crippen molar-refractivity contribution in [1.29, 1.82) is 0 Å². The average molecular weight is 231 g/mol. The normalized spacial score (nSPS) is 8.47. The van der Waals surface area contributed by atoms with Gasteiger partial charge in [0.05, 0.1) is 0 Å². The Hall–Kier alpha value is -2.72. The van der Waals surface area contributed by atoms with E-state index >= 15 is 0 Å². The Balaban J connectivity index is 0.000000437. The molecule has 0 fully saturated rings. The van der Waals surface area contributed by atoms with Crippen LogP contribution in [0.25, 0.3) is 6.08 Å². The molecule has 1 aromatic heterocycles. The third-order valence-corrected chi connectivity index (χ3v) is 1.73. The average Bonchev–Trinajstić information content (AvgIpc) is 2.84. The van der Waals surface area contributed by atoms with Gasteiger partial charge in [-0.1, -0.05) is 24.8 Å². The number of carbonyl (C=O) groups excluding carboxylic acids is 2. The topological polar surface area (TPSA) is 84.9 Å². The van der Waals surface area contributed by atoms with Crippen molar-refractivity contribution >= 4 is 12.2 Å². The molecule has 1 aromatic carbocycles. The van der Waals surface area contributed by atoms with Crippen LogP contribution in [0.3, 0.4) is 0 Å². The minimum Gasteiger partial charge on any atom is -0.436 e. The Labute approximate surface area is 96.9 Å². The predicted octanol–water partition coefficient (Wildman–Crippen LogP) is 1.66. The van der Waals surface area contributed by atoms with Gasteiger partial charge in [0, 0.05) is 0 Å². The lowest BCUT2D eigenvalue weighted by Crippen LogP contribution is -1.83. The summed E-state index contributed by atoms with van der Waals surface area (Å²) in [6, 6.07) is 7.54. The van der Waals surface area contributed by atoms with Crippen molar-refractivity contribution in [1.82, 2.24) is 15.4 Å². The van der Waals surface area contributed by atoms with Crippen LogP contribution in [-0.2, 0) is 9.59 Å². The van der Waals surface area contributed by atoms with Crippen LogP contribution in [0.15, 0.2) is 37.0 Å². The first-order valence-corrected chi connectivity index (χ1v) is 4.55. The van der Waals surface area contributed by atoms with Crippen molar-refractivity contribution in [3.8, 4) is 11.6 Å². The van der Waals surface area contributed by atoms with Crippen LogP contribution in [-0.4, -0.2) is 21.6 Å². The molecular formula is C11H9N3O3. The number of rotatable bonds is 3. The maximum atomic E-state index is 8.12. The van der Waals surface area contributed by atoms with Crippen LogP contribution >= 0.6 is 0 Å². The number of hydrogen-bond acceptors (Lipinski definition) is 5. The van der Waals surface area contributed by atoms with Crippen molar-refractivity contribution in [2.24, 2.45) is 0 Å². The number of benzene rings is 1. The van der Waals surface area contributed by atoms with Crippen LogP contribution in [0, 0.1) is 0 Å². The van der Waals surface area contributed by atoms with Crippen LogP contribution in [0.1, 0.15) is 5.56 Å². The molecule has 0 spiro atoms. The number of H-pyrrole nitrogens is 1. The first-order valence-electron chi connectivity index (χ1n) is 4.55. The smallest absolute Gasteiger partial charge is 0.373 e. The fourth-order valence-corrected chi connectivity index (χ4v) is 1.03. The number of hydrogen-bond donors (Lipinski definition) is 1. The zero-order valence-electron chi connectivity index (χ0n) is 8.79. The summed E-state index contributed by atoms with van der Waals surface area (Å²) >= 11 is 0. The minimum atomic E-state index is 0.250. The van der Waals surface area contributed by atoms with E-state index in [1.807, 2.05) is 24.3 Å². The summed E-state index contributed by atoms with van der Waals surface area (Å²) in [5, 5.41) is 9.88.